The summed E-state index contributed by atoms with van der Waals surface area (Å²) < 4.78 is 0. The number of carbonyl (C=O) groups is 2. The van der Waals surface area contributed by atoms with Crippen molar-refractivity contribution in [3.05, 3.63) is 0 Å². The van der Waals surface area contributed by atoms with Gasteiger partial charge in [0, 0.05) is 0 Å². The van der Waals surface area contributed by atoms with E-state index in [-0.39, 0.29) is 0 Å². The molecule has 6 nitrogen and oxygen atoms in total. The van der Waals surface area contributed by atoms with Crippen molar-refractivity contribution >= 4 is 11.9 Å². The molecule has 0 aromatic rings. The van der Waals surface area contributed by atoms with E-state index in [9.17, 15) is 14.7 Å². The predicted molar refractivity (Wildman–Crippen MR) is 58.7 cm³/mol. The molecule has 0 aliphatic heterocycles. The summed E-state index contributed by atoms with van der Waals surface area (Å²) in [6.07, 6.45) is -0.437. The monoisotopic (exact) mass is 232 g/mol. The molecule has 0 heterocycles. The fourth-order valence-corrected chi connectivity index (χ4v) is 0.834. The number of carboxylic acid groups (broad SMARTS) is 1. The van der Waals surface area contributed by atoms with E-state index < -0.39 is 35.5 Å². The minimum absolute atomic E-state index is 0.437. The average molecular weight is 232 g/mol. The highest BCUT2D eigenvalue weighted by Crippen LogP contribution is 2.20. The first-order chi connectivity index (χ1) is 6.97. The van der Waals surface area contributed by atoms with E-state index >= 15 is 0 Å². The molecule has 94 valence electrons. The molecule has 1 amide bonds. The van der Waals surface area contributed by atoms with E-state index in [0.29, 0.717) is 0 Å². The Morgan fingerprint density at radius 3 is 2.06 bits per heavy atom. The lowest BCUT2D eigenvalue weighted by atomic mass is 9.85. The summed E-state index contributed by atoms with van der Waals surface area (Å²) in [4.78, 5) is 21.9. The van der Waals surface area contributed by atoms with Crippen LogP contribution in [-0.2, 0) is 9.59 Å². The van der Waals surface area contributed by atoms with Gasteiger partial charge in [0.05, 0.1) is 23.6 Å². The number of aliphatic hydroxyl groups is 1. The van der Waals surface area contributed by atoms with Crippen molar-refractivity contribution in [2.24, 2.45) is 5.73 Å². The molecule has 1 atom stereocenters. The molecule has 0 spiro atoms. The molecular formula is C10H20N2O4. The van der Waals surface area contributed by atoms with Gasteiger partial charge in [-0.15, -0.1) is 0 Å². The number of hydrogen-bond acceptors (Lipinski definition) is 4. The summed E-state index contributed by atoms with van der Waals surface area (Å²) in [5.41, 5.74) is 3.37. The summed E-state index contributed by atoms with van der Waals surface area (Å²) in [5.74, 6) is -1.72. The number of carbonyl (C=O) groups excluding carboxylic acids is 1. The van der Waals surface area contributed by atoms with Gasteiger partial charge in [-0.25, -0.2) is 0 Å². The van der Waals surface area contributed by atoms with Crippen LogP contribution in [0.2, 0.25) is 0 Å². The van der Waals surface area contributed by atoms with Crippen LogP contribution in [-0.4, -0.2) is 39.3 Å². The Morgan fingerprint density at radius 2 is 1.75 bits per heavy atom. The topological polar surface area (TPSA) is 113 Å². The van der Waals surface area contributed by atoms with Crippen LogP contribution >= 0.6 is 0 Å². The standard InChI is InChI=1S/C10H20N2O4/c1-9(2,10(3,4)16)12-8(15)6(11)5-7(13)14/h6,16H,5,11H2,1-4H3,(H,12,15)(H,13,14). The molecule has 0 bridgehead atoms. The van der Waals surface area contributed by atoms with Crippen molar-refractivity contribution in [3.63, 3.8) is 0 Å². The average Bonchev–Trinajstić information content (AvgIpc) is 1.99. The quantitative estimate of drug-likeness (QED) is 0.508. The third-order valence-electron chi connectivity index (χ3n) is 2.70. The highest BCUT2D eigenvalue weighted by atomic mass is 16.4. The number of carboxylic acids is 1. The lowest BCUT2D eigenvalue weighted by molar-refractivity contribution is -0.140. The third-order valence-corrected chi connectivity index (χ3v) is 2.70. The van der Waals surface area contributed by atoms with Crippen molar-refractivity contribution in [2.45, 2.75) is 51.3 Å². The molecule has 0 aliphatic rings. The molecule has 16 heavy (non-hydrogen) atoms. The van der Waals surface area contributed by atoms with Crippen molar-refractivity contribution in [1.82, 2.24) is 5.32 Å². The van der Waals surface area contributed by atoms with Crippen molar-refractivity contribution in [1.29, 1.82) is 0 Å². The van der Waals surface area contributed by atoms with Gasteiger partial charge in [-0.3, -0.25) is 9.59 Å². The van der Waals surface area contributed by atoms with Crippen LogP contribution in [0.1, 0.15) is 34.1 Å². The Balaban J connectivity index is 4.51. The van der Waals surface area contributed by atoms with Gasteiger partial charge in [0.25, 0.3) is 0 Å². The van der Waals surface area contributed by atoms with Crippen LogP contribution in [0.25, 0.3) is 0 Å². The molecule has 0 radical (unpaired) electrons. The molecule has 5 N–H and O–H groups in total. The minimum Gasteiger partial charge on any atom is -0.481 e. The van der Waals surface area contributed by atoms with Crippen LogP contribution in [0, 0.1) is 0 Å². The fourth-order valence-electron chi connectivity index (χ4n) is 0.834. The molecule has 0 fully saturated rings. The fraction of sp³-hybridized carbons (Fsp3) is 0.800. The highest BCUT2D eigenvalue weighted by Gasteiger charge is 2.37. The van der Waals surface area contributed by atoms with E-state index in [2.05, 4.69) is 5.32 Å². The third kappa shape index (κ3) is 4.16. The second kappa shape index (κ2) is 4.80. The van der Waals surface area contributed by atoms with Gasteiger partial charge in [0.1, 0.15) is 0 Å². The minimum atomic E-state index is -1.14. The summed E-state index contributed by atoms with van der Waals surface area (Å²) in [7, 11) is 0. The number of nitrogens with two attached hydrogens (primary N) is 1. The molecule has 0 aromatic heterocycles. The summed E-state index contributed by atoms with van der Waals surface area (Å²) in [6, 6.07) is -1.11. The van der Waals surface area contributed by atoms with Gasteiger partial charge < -0.3 is 21.3 Å². The van der Waals surface area contributed by atoms with Gasteiger partial charge in [-0.2, -0.15) is 0 Å². The maximum absolute atomic E-state index is 11.5. The van der Waals surface area contributed by atoms with Crippen LogP contribution in [0.15, 0.2) is 0 Å². The van der Waals surface area contributed by atoms with E-state index in [1.54, 1.807) is 27.7 Å². The van der Waals surface area contributed by atoms with Gasteiger partial charge in [0.15, 0.2) is 0 Å². The van der Waals surface area contributed by atoms with Crippen LogP contribution in [0.3, 0.4) is 0 Å². The zero-order chi connectivity index (χ0) is 13.1. The van der Waals surface area contributed by atoms with Gasteiger partial charge >= 0.3 is 5.97 Å². The van der Waals surface area contributed by atoms with E-state index in [4.69, 9.17) is 10.8 Å². The second-order valence-electron chi connectivity index (χ2n) is 4.88. The molecule has 6 heteroatoms. The SMILES string of the molecule is CC(C)(O)C(C)(C)NC(=O)C(N)CC(=O)O. The Bertz CT molecular complexity index is 281. The maximum Gasteiger partial charge on any atom is 0.305 e. The van der Waals surface area contributed by atoms with Crippen LogP contribution < -0.4 is 11.1 Å². The summed E-state index contributed by atoms with van der Waals surface area (Å²) >= 11 is 0. The second-order valence-corrected chi connectivity index (χ2v) is 4.88. The molecule has 0 saturated carbocycles. The lowest BCUT2D eigenvalue weighted by Crippen LogP contribution is -2.60. The van der Waals surface area contributed by atoms with Crippen molar-refractivity contribution < 1.29 is 19.8 Å². The first-order valence-electron chi connectivity index (χ1n) is 4.99. The summed E-state index contributed by atoms with van der Waals surface area (Å²) in [6.45, 7) is 6.38. The first-order valence-corrected chi connectivity index (χ1v) is 4.99. The first kappa shape index (κ1) is 14.9. The number of rotatable bonds is 5. The van der Waals surface area contributed by atoms with E-state index in [1.807, 2.05) is 0 Å². The number of nitrogens with one attached hydrogen (secondary N) is 1. The van der Waals surface area contributed by atoms with Crippen molar-refractivity contribution in [3.8, 4) is 0 Å². The zero-order valence-corrected chi connectivity index (χ0v) is 10.1. The Labute approximate surface area is 94.8 Å². The Hall–Kier alpha value is -1.14. The molecule has 1 unspecified atom stereocenters. The molecule has 0 rings (SSSR count). The number of amides is 1. The Kier molecular flexibility index (Phi) is 4.45. The predicted octanol–water partition coefficient (Wildman–Crippen LogP) is -0.546. The van der Waals surface area contributed by atoms with Gasteiger partial charge in [0.2, 0.25) is 5.91 Å². The molecular weight excluding hydrogens is 212 g/mol. The molecule has 0 aromatic carbocycles. The smallest absolute Gasteiger partial charge is 0.305 e. The molecule has 0 saturated heterocycles. The summed E-state index contributed by atoms with van der Waals surface area (Å²) in [5, 5.41) is 20.8. The highest BCUT2D eigenvalue weighted by molar-refractivity contribution is 5.86. The van der Waals surface area contributed by atoms with Crippen molar-refractivity contribution in [2.75, 3.05) is 0 Å². The largest absolute Gasteiger partial charge is 0.481 e. The zero-order valence-electron chi connectivity index (χ0n) is 10.1. The lowest BCUT2D eigenvalue weighted by Gasteiger charge is -2.38. The maximum atomic E-state index is 11.5. The normalized spacial score (nSPS) is 14.4. The number of hydrogen-bond donors (Lipinski definition) is 4. The van der Waals surface area contributed by atoms with Gasteiger partial charge in [-0.1, -0.05) is 0 Å². The van der Waals surface area contributed by atoms with E-state index in [0.717, 1.165) is 0 Å². The van der Waals surface area contributed by atoms with Crippen LogP contribution in [0.4, 0.5) is 0 Å². The number of aliphatic carboxylic acids is 1. The van der Waals surface area contributed by atoms with Crippen LogP contribution in [0.5, 0.6) is 0 Å². The van der Waals surface area contributed by atoms with Gasteiger partial charge in [-0.05, 0) is 27.7 Å². The molecule has 0 aliphatic carbocycles. The Morgan fingerprint density at radius 1 is 1.31 bits per heavy atom. The van der Waals surface area contributed by atoms with E-state index in [1.165, 1.54) is 0 Å².